The molecule has 0 saturated carbocycles. The van der Waals surface area contributed by atoms with E-state index in [4.69, 9.17) is 15.2 Å². The van der Waals surface area contributed by atoms with Gasteiger partial charge in [0.15, 0.2) is 0 Å². The van der Waals surface area contributed by atoms with E-state index >= 15 is 0 Å². The summed E-state index contributed by atoms with van der Waals surface area (Å²) in [6.45, 7) is 5.06. The molecule has 0 aromatic heterocycles. The van der Waals surface area contributed by atoms with E-state index in [0.29, 0.717) is 13.2 Å². The maximum absolute atomic E-state index is 12.3. The Kier molecular flexibility index (Phi) is 3.87. The second-order valence-electron chi connectivity index (χ2n) is 5.86. The van der Waals surface area contributed by atoms with Crippen molar-refractivity contribution >= 4 is 5.91 Å². The highest BCUT2D eigenvalue weighted by Gasteiger charge is 2.33. The molecule has 0 aliphatic carbocycles. The highest BCUT2D eigenvalue weighted by molar-refractivity contribution is 5.81. The average molecular weight is 290 g/mol. The van der Waals surface area contributed by atoms with Crippen molar-refractivity contribution in [1.82, 2.24) is 5.32 Å². The molecule has 21 heavy (non-hydrogen) atoms. The predicted octanol–water partition coefficient (Wildman–Crippen LogP) is 1.36. The number of fused-ring (bicyclic) bond motifs is 1. The predicted molar refractivity (Wildman–Crippen MR) is 79.2 cm³/mol. The molecular formula is C16H22N2O3. The summed E-state index contributed by atoms with van der Waals surface area (Å²) < 4.78 is 11.4. The summed E-state index contributed by atoms with van der Waals surface area (Å²) in [4.78, 5) is 12.3. The third-order valence-electron chi connectivity index (χ3n) is 4.46. The summed E-state index contributed by atoms with van der Waals surface area (Å²) in [7, 11) is 0. The van der Waals surface area contributed by atoms with Gasteiger partial charge in [-0.25, -0.2) is 0 Å². The van der Waals surface area contributed by atoms with Crippen molar-refractivity contribution in [2.45, 2.75) is 44.9 Å². The van der Waals surface area contributed by atoms with Gasteiger partial charge < -0.3 is 20.5 Å². The maximum atomic E-state index is 12.3. The molecule has 0 spiro atoms. The summed E-state index contributed by atoms with van der Waals surface area (Å²) in [5, 5.41) is 3.04. The van der Waals surface area contributed by atoms with Crippen LogP contribution in [0.15, 0.2) is 12.1 Å². The standard InChI is InChI=1S/C16H22N2O3/c1-9-3-5-12-13(8-20-15(12)10(9)2)18-16(19)14-6-4-11(7-17)21-14/h3,5,11,13-14H,4,6-8,17H2,1-2H3,(H,18,19)/t11-,13?,14+/m1/s1. The number of carbonyl (C=O) groups is 1. The van der Waals surface area contributed by atoms with Crippen LogP contribution < -0.4 is 15.8 Å². The van der Waals surface area contributed by atoms with Crippen LogP contribution in [0.1, 0.15) is 35.6 Å². The van der Waals surface area contributed by atoms with Crippen molar-refractivity contribution < 1.29 is 14.3 Å². The fourth-order valence-corrected chi connectivity index (χ4v) is 2.99. The Hall–Kier alpha value is -1.59. The van der Waals surface area contributed by atoms with Gasteiger partial charge in [-0.1, -0.05) is 12.1 Å². The summed E-state index contributed by atoms with van der Waals surface area (Å²) in [5.74, 6) is 0.845. The number of hydrogen-bond donors (Lipinski definition) is 2. The number of nitrogens with one attached hydrogen (secondary N) is 1. The number of rotatable bonds is 3. The molecule has 3 atom stereocenters. The molecule has 1 fully saturated rings. The lowest BCUT2D eigenvalue weighted by atomic mass is 10.0. The van der Waals surface area contributed by atoms with Crippen LogP contribution in [-0.2, 0) is 9.53 Å². The van der Waals surface area contributed by atoms with E-state index in [0.717, 1.165) is 29.7 Å². The van der Waals surface area contributed by atoms with Gasteiger partial charge in [0.05, 0.1) is 12.1 Å². The second kappa shape index (κ2) is 5.66. The summed E-state index contributed by atoms with van der Waals surface area (Å²) >= 11 is 0. The molecule has 1 amide bonds. The van der Waals surface area contributed by atoms with Crippen LogP contribution in [0, 0.1) is 13.8 Å². The molecule has 1 unspecified atom stereocenters. The Balaban J connectivity index is 1.68. The third-order valence-corrected chi connectivity index (χ3v) is 4.46. The fourth-order valence-electron chi connectivity index (χ4n) is 2.99. The molecule has 5 heteroatoms. The Labute approximate surface area is 124 Å². The molecular weight excluding hydrogens is 268 g/mol. The summed E-state index contributed by atoms with van der Waals surface area (Å²) in [6.07, 6.45) is 1.22. The Bertz CT molecular complexity index is 559. The molecule has 5 nitrogen and oxygen atoms in total. The Morgan fingerprint density at radius 1 is 1.38 bits per heavy atom. The monoisotopic (exact) mass is 290 g/mol. The highest BCUT2D eigenvalue weighted by atomic mass is 16.5. The van der Waals surface area contributed by atoms with Crippen molar-refractivity contribution in [2.24, 2.45) is 5.73 Å². The van der Waals surface area contributed by atoms with Crippen molar-refractivity contribution in [3.63, 3.8) is 0 Å². The van der Waals surface area contributed by atoms with Gasteiger partial charge in [-0.3, -0.25) is 4.79 Å². The first kappa shape index (κ1) is 14.4. The zero-order chi connectivity index (χ0) is 15.0. The van der Waals surface area contributed by atoms with E-state index in [1.807, 2.05) is 13.0 Å². The summed E-state index contributed by atoms with van der Waals surface area (Å²) in [6, 6.07) is 4.01. The first-order valence-corrected chi connectivity index (χ1v) is 7.49. The first-order valence-electron chi connectivity index (χ1n) is 7.49. The van der Waals surface area contributed by atoms with E-state index in [1.165, 1.54) is 5.56 Å². The van der Waals surface area contributed by atoms with Gasteiger partial charge >= 0.3 is 0 Å². The first-order chi connectivity index (χ1) is 10.1. The van der Waals surface area contributed by atoms with Gasteiger partial charge in [-0.15, -0.1) is 0 Å². The van der Waals surface area contributed by atoms with Crippen LogP contribution in [0.25, 0.3) is 0 Å². The van der Waals surface area contributed by atoms with Gasteiger partial charge in [0, 0.05) is 12.1 Å². The molecule has 0 bridgehead atoms. The van der Waals surface area contributed by atoms with Gasteiger partial charge in [-0.05, 0) is 37.8 Å². The van der Waals surface area contributed by atoms with Crippen molar-refractivity contribution in [3.05, 3.63) is 28.8 Å². The SMILES string of the molecule is Cc1ccc2c(c1C)OCC2NC(=O)[C@@H]1CC[C@H](CN)O1. The minimum absolute atomic E-state index is 0.0118. The average Bonchev–Trinajstić information content (AvgIpc) is 3.10. The number of amides is 1. The van der Waals surface area contributed by atoms with E-state index in [-0.39, 0.29) is 24.2 Å². The van der Waals surface area contributed by atoms with Crippen molar-refractivity contribution in [2.75, 3.05) is 13.2 Å². The lowest BCUT2D eigenvalue weighted by Gasteiger charge is -2.16. The lowest BCUT2D eigenvalue weighted by Crippen LogP contribution is -2.38. The minimum Gasteiger partial charge on any atom is -0.490 e. The molecule has 0 radical (unpaired) electrons. The zero-order valence-corrected chi connectivity index (χ0v) is 12.5. The molecule has 114 valence electrons. The Morgan fingerprint density at radius 2 is 2.19 bits per heavy atom. The van der Waals surface area contributed by atoms with Gasteiger partial charge in [0.1, 0.15) is 18.5 Å². The Morgan fingerprint density at radius 3 is 2.90 bits per heavy atom. The number of nitrogens with two attached hydrogens (primary N) is 1. The van der Waals surface area contributed by atoms with Crippen LogP contribution in [0.5, 0.6) is 5.75 Å². The number of benzene rings is 1. The highest BCUT2D eigenvalue weighted by Crippen LogP contribution is 2.36. The normalized spacial score (nSPS) is 27.3. The van der Waals surface area contributed by atoms with Crippen molar-refractivity contribution in [1.29, 1.82) is 0 Å². The lowest BCUT2D eigenvalue weighted by molar-refractivity contribution is -0.132. The van der Waals surface area contributed by atoms with Crippen LogP contribution in [0.4, 0.5) is 0 Å². The molecule has 2 aliphatic heterocycles. The molecule has 2 heterocycles. The van der Waals surface area contributed by atoms with E-state index in [9.17, 15) is 4.79 Å². The third kappa shape index (κ3) is 2.63. The summed E-state index contributed by atoms with van der Waals surface area (Å²) in [5.41, 5.74) is 8.98. The molecule has 1 aromatic carbocycles. The van der Waals surface area contributed by atoms with Crippen molar-refractivity contribution in [3.8, 4) is 5.75 Å². The molecule has 1 saturated heterocycles. The minimum atomic E-state index is -0.380. The number of ether oxygens (including phenoxy) is 2. The maximum Gasteiger partial charge on any atom is 0.249 e. The van der Waals surface area contributed by atoms with Gasteiger partial charge in [0.25, 0.3) is 0 Å². The molecule has 1 aromatic rings. The number of hydrogen-bond acceptors (Lipinski definition) is 4. The van der Waals surface area contributed by atoms with Gasteiger partial charge in [-0.2, -0.15) is 0 Å². The topological polar surface area (TPSA) is 73.6 Å². The molecule has 3 rings (SSSR count). The quantitative estimate of drug-likeness (QED) is 0.881. The van der Waals surface area contributed by atoms with Crippen LogP contribution in [0.3, 0.4) is 0 Å². The zero-order valence-electron chi connectivity index (χ0n) is 12.5. The fraction of sp³-hybridized carbons (Fsp3) is 0.562. The largest absolute Gasteiger partial charge is 0.490 e. The second-order valence-corrected chi connectivity index (χ2v) is 5.86. The molecule has 2 aliphatic rings. The number of aryl methyl sites for hydroxylation is 1. The van der Waals surface area contributed by atoms with E-state index in [1.54, 1.807) is 0 Å². The number of carbonyl (C=O) groups excluding carboxylic acids is 1. The van der Waals surface area contributed by atoms with Crippen LogP contribution >= 0.6 is 0 Å². The van der Waals surface area contributed by atoms with Gasteiger partial charge in [0.2, 0.25) is 5.91 Å². The van der Waals surface area contributed by atoms with E-state index < -0.39 is 0 Å². The smallest absolute Gasteiger partial charge is 0.249 e. The van der Waals surface area contributed by atoms with Crippen LogP contribution in [0.2, 0.25) is 0 Å². The van der Waals surface area contributed by atoms with E-state index in [2.05, 4.69) is 18.3 Å². The molecule has 3 N–H and O–H groups in total. The van der Waals surface area contributed by atoms with Crippen LogP contribution in [-0.4, -0.2) is 31.3 Å².